The number of nitrogens with zero attached hydrogens (tertiary/aromatic N) is 1. The molecule has 0 aliphatic carbocycles. The van der Waals surface area contributed by atoms with Crippen LogP contribution in [-0.4, -0.2) is 44.8 Å². The molecule has 3 aromatic rings. The summed E-state index contributed by atoms with van der Waals surface area (Å²) in [5.74, 6) is 0.955. The minimum Gasteiger partial charge on any atom is -0.493 e. The monoisotopic (exact) mass is 465 g/mol. The van der Waals surface area contributed by atoms with Crippen LogP contribution >= 0.6 is 0 Å². The Hall–Kier alpha value is -3.32. The van der Waals surface area contributed by atoms with Gasteiger partial charge in [0.1, 0.15) is 5.58 Å². The van der Waals surface area contributed by atoms with E-state index < -0.39 is 6.04 Å². The fraction of sp³-hybridized carbons (Fsp3) is 0.407. The molecule has 0 saturated carbocycles. The van der Waals surface area contributed by atoms with Gasteiger partial charge in [-0.25, -0.2) is 0 Å². The lowest BCUT2D eigenvalue weighted by atomic mass is 9.97. The van der Waals surface area contributed by atoms with Gasteiger partial charge in [0.25, 0.3) is 5.91 Å². The van der Waals surface area contributed by atoms with E-state index in [1.165, 1.54) is 0 Å². The van der Waals surface area contributed by atoms with Crippen molar-refractivity contribution >= 4 is 16.9 Å². The van der Waals surface area contributed by atoms with Crippen molar-refractivity contribution in [2.75, 3.05) is 34.0 Å². The van der Waals surface area contributed by atoms with Gasteiger partial charge in [0.05, 0.1) is 37.3 Å². The van der Waals surface area contributed by atoms with Gasteiger partial charge in [0.2, 0.25) is 5.76 Å². The molecule has 1 aliphatic heterocycles. The molecule has 1 unspecified atom stereocenters. The largest absolute Gasteiger partial charge is 0.493 e. The first-order chi connectivity index (χ1) is 16.5. The number of rotatable bonds is 10. The highest BCUT2D eigenvalue weighted by atomic mass is 16.5. The van der Waals surface area contributed by atoms with Gasteiger partial charge in [-0.15, -0.1) is 0 Å². The van der Waals surface area contributed by atoms with Gasteiger partial charge < -0.3 is 23.5 Å². The number of unbranched alkanes of at least 4 members (excludes halogenated alkanes) is 2. The molecule has 4 rings (SSSR count). The first-order valence-electron chi connectivity index (χ1n) is 11.7. The maximum Gasteiger partial charge on any atom is 0.290 e. The molecule has 0 spiro atoms. The van der Waals surface area contributed by atoms with Gasteiger partial charge >= 0.3 is 0 Å². The average Bonchev–Trinajstić information content (AvgIpc) is 3.12. The smallest absolute Gasteiger partial charge is 0.290 e. The molecule has 1 amide bonds. The maximum absolute atomic E-state index is 13.6. The molecular weight excluding hydrogens is 434 g/mol. The summed E-state index contributed by atoms with van der Waals surface area (Å²) in [5.41, 5.74) is 2.25. The fourth-order valence-electron chi connectivity index (χ4n) is 4.41. The number of benzene rings is 2. The highest BCUT2D eigenvalue weighted by Crippen LogP contribution is 2.40. The number of hydrogen-bond acceptors (Lipinski definition) is 6. The van der Waals surface area contributed by atoms with E-state index in [1.54, 1.807) is 31.3 Å². The van der Waals surface area contributed by atoms with E-state index in [9.17, 15) is 9.59 Å². The van der Waals surface area contributed by atoms with Crippen LogP contribution in [0, 0.1) is 6.92 Å². The molecule has 0 fully saturated rings. The van der Waals surface area contributed by atoms with Crippen molar-refractivity contribution in [3.63, 3.8) is 0 Å². The normalized spacial score (nSPS) is 15.1. The third kappa shape index (κ3) is 4.40. The number of aryl methyl sites for hydroxylation is 1. The van der Waals surface area contributed by atoms with Crippen molar-refractivity contribution in [1.82, 2.24) is 4.90 Å². The third-order valence-electron chi connectivity index (χ3n) is 6.17. The van der Waals surface area contributed by atoms with Crippen molar-refractivity contribution in [1.29, 1.82) is 0 Å². The number of carbonyl (C=O) groups is 1. The van der Waals surface area contributed by atoms with Gasteiger partial charge in [0.15, 0.2) is 16.9 Å². The van der Waals surface area contributed by atoms with Crippen LogP contribution in [-0.2, 0) is 4.74 Å². The van der Waals surface area contributed by atoms with Crippen LogP contribution in [0.15, 0.2) is 45.6 Å². The Morgan fingerprint density at radius 1 is 1.00 bits per heavy atom. The second-order valence-corrected chi connectivity index (χ2v) is 8.53. The lowest BCUT2D eigenvalue weighted by molar-refractivity contribution is 0.0663. The molecular formula is C27H31NO6. The van der Waals surface area contributed by atoms with E-state index in [0.29, 0.717) is 47.8 Å². The third-order valence-corrected chi connectivity index (χ3v) is 6.17. The molecule has 0 saturated heterocycles. The van der Waals surface area contributed by atoms with E-state index in [2.05, 4.69) is 6.92 Å². The van der Waals surface area contributed by atoms with E-state index >= 15 is 0 Å². The lowest BCUT2D eigenvalue weighted by Gasteiger charge is -2.25. The predicted octanol–water partition coefficient (Wildman–Crippen LogP) is 4.87. The van der Waals surface area contributed by atoms with Crippen molar-refractivity contribution in [2.45, 2.75) is 39.2 Å². The van der Waals surface area contributed by atoms with Gasteiger partial charge in [-0.2, -0.15) is 0 Å². The van der Waals surface area contributed by atoms with Gasteiger partial charge in [-0.1, -0.05) is 37.5 Å². The van der Waals surface area contributed by atoms with Crippen LogP contribution < -0.4 is 14.9 Å². The van der Waals surface area contributed by atoms with Crippen LogP contribution in [0.5, 0.6) is 11.5 Å². The number of amides is 1. The maximum atomic E-state index is 13.6. The summed E-state index contributed by atoms with van der Waals surface area (Å²) in [6, 6.07) is 10.3. The molecule has 0 N–H and O–H groups in total. The first-order valence-corrected chi connectivity index (χ1v) is 11.7. The number of fused-ring (bicyclic) bond motifs is 2. The second kappa shape index (κ2) is 10.3. The summed E-state index contributed by atoms with van der Waals surface area (Å²) >= 11 is 0. The Balaban J connectivity index is 1.81. The zero-order valence-electron chi connectivity index (χ0n) is 20.2. The summed E-state index contributed by atoms with van der Waals surface area (Å²) < 4.78 is 22.7. The summed E-state index contributed by atoms with van der Waals surface area (Å²) in [4.78, 5) is 28.6. The van der Waals surface area contributed by atoms with Crippen molar-refractivity contribution in [2.24, 2.45) is 0 Å². The summed E-state index contributed by atoms with van der Waals surface area (Å²) in [6.45, 7) is 5.31. The molecule has 34 heavy (non-hydrogen) atoms. The molecule has 1 atom stereocenters. The van der Waals surface area contributed by atoms with Crippen LogP contribution in [0.3, 0.4) is 0 Å². The van der Waals surface area contributed by atoms with E-state index in [0.717, 1.165) is 30.4 Å². The van der Waals surface area contributed by atoms with Crippen LogP contribution in [0.4, 0.5) is 0 Å². The van der Waals surface area contributed by atoms with Gasteiger partial charge in [-0.05, 0) is 43.2 Å². The summed E-state index contributed by atoms with van der Waals surface area (Å²) in [7, 11) is 3.16. The zero-order valence-corrected chi connectivity index (χ0v) is 20.2. The Morgan fingerprint density at radius 3 is 2.56 bits per heavy atom. The minimum atomic E-state index is -0.609. The second-order valence-electron chi connectivity index (χ2n) is 8.53. The fourth-order valence-corrected chi connectivity index (χ4v) is 4.41. The molecule has 1 aliphatic rings. The van der Waals surface area contributed by atoms with Crippen LogP contribution in [0.25, 0.3) is 11.0 Å². The first kappa shape index (κ1) is 23.8. The van der Waals surface area contributed by atoms with Crippen LogP contribution in [0.2, 0.25) is 0 Å². The van der Waals surface area contributed by atoms with Crippen LogP contribution in [0.1, 0.15) is 59.5 Å². The number of carbonyl (C=O) groups excluding carboxylic acids is 1. The quantitative estimate of drug-likeness (QED) is 0.398. The molecule has 0 radical (unpaired) electrons. The summed E-state index contributed by atoms with van der Waals surface area (Å²) in [5, 5.41) is 0.466. The SMILES string of the molecule is CCCCCOc1ccc(C2c3c(oc4ccc(C)cc4c3=O)C(=O)N2CCOC)cc1OC. The molecule has 180 valence electrons. The molecule has 7 heteroatoms. The molecule has 7 nitrogen and oxygen atoms in total. The average molecular weight is 466 g/mol. The molecule has 0 bridgehead atoms. The highest BCUT2D eigenvalue weighted by molar-refractivity contribution is 5.99. The Bertz CT molecular complexity index is 1250. The van der Waals surface area contributed by atoms with Gasteiger partial charge in [-0.3, -0.25) is 9.59 Å². The molecule has 1 aromatic heterocycles. The number of methoxy groups -OCH3 is 2. The summed E-state index contributed by atoms with van der Waals surface area (Å²) in [6.07, 6.45) is 3.17. The highest BCUT2D eigenvalue weighted by Gasteiger charge is 2.42. The minimum absolute atomic E-state index is 0.0846. The van der Waals surface area contributed by atoms with E-state index in [-0.39, 0.29) is 17.1 Å². The van der Waals surface area contributed by atoms with Crippen molar-refractivity contribution < 1.29 is 23.4 Å². The Labute approximate surface area is 199 Å². The Kier molecular flexibility index (Phi) is 7.22. The molecule has 2 heterocycles. The lowest BCUT2D eigenvalue weighted by Crippen LogP contribution is -2.32. The van der Waals surface area contributed by atoms with E-state index in [4.69, 9.17) is 18.6 Å². The predicted molar refractivity (Wildman–Crippen MR) is 130 cm³/mol. The zero-order chi connectivity index (χ0) is 24.2. The van der Waals surface area contributed by atoms with Crippen molar-refractivity contribution in [3.05, 3.63) is 69.1 Å². The topological polar surface area (TPSA) is 78.2 Å². The standard InChI is InChI=1S/C27H31NO6/c1-5-6-7-13-33-21-11-9-18(16-22(21)32-4)24-23-25(29)19-15-17(2)8-10-20(19)34-26(23)27(30)28(24)12-14-31-3/h8-11,15-16,24H,5-7,12-14H2,1-4H3. The van der Waals surface area contributed by atoms with E-state index in [1.807, 2.05) is 31.2 Å². The number of hydrogen-bond donors (Lipinski definition) is 0. The Morgan fingerprint density at radius 2 is 1.82 bits per heavy atom. The number of ether oxygens (including phenoxy) is 3. The van der Waals surface area contributed by atoms with Crippen molar-refractivity contribution in [3.8, 4) is 11.5 Å². The van der Waals surface area contributed by atoms with Gasteiger partial charge in [0, 0.05) is 13.7 Å². The molecule has 2 aromatic carbocycles.